The van der Waals surface area contributed by atoms with Crippen molar-refractivity contribution in [1.82, 2.24) is 9.97 Å². The minimum absolute atomic E-state index is 0.0566. The lowest BCUT2D eigenvalue weighted by atomic mass is 9.76. The molecule has 0 saturated carbocycles. The molecule has 0 amide bonds. The molecule has 2 aliphatic rings. The topological polar surface area (TPSA) is 93.3 Å². The molecular weight excluding hydrogens is 450 g/mol. The van der Waals surface area contributed by atoms with E-state index in [2.05, 4.69) is 10.3 Å². The first kappa shape index (κ1) is 22.3. The summed E-state index contributed by atoms with van der Waals surface area (Å²) in [6.07, 6.45) is 1.98. The number of ketones is 1. The highest BCUT2D eigenvalue weighted by Crippen LogP contribution is 2.45. The molecule has 0 spiro atoms. The second-order valence-electron chi connectivity index (χ2n) is 8.25. The minimum atomic E-state index is -0.525. The van der Waals surface area contributed by atoms with Gasteiger partial charge >= 0.3 is 0 Å². The summed E-state index contributed by atoms with van der Waals surface area (Å²) in [5, 5.41) is 3.86. The third-order valence-corrected chi connectivity index (χ3v) is 7.14. The Hall–Kier alpha value is -3.52. The summed E-state index contributed by atoms with van der Waals surface area (Å²) in [5.41, 5.74) is 3.62. The molecule has 0 unspecified atom stereocenters. The number of ether oxygens (including phenoxy) is 2. The number of methoxy groups -OCH3 is 2. The molecular formula is C26H25N3O4S. The molecule has 1 aliphatic carbocycles. The van der Waals surface area contributed by atoms with Gasteiger partial charge in [-0.25, -0.2) is 4.98 Å². The number of Topliss-reactive ketones (excluding diaryl/α,β-unsaturated/α-hetero) is 1. The maximum absolute atomic E-state index is 13.4. The summed E-state index contributed by atoms with van der Waals surface area (Å²) >= 11 is 1.47. The molecule has 8 heteroatoms. The van der Waals surface area contributed by atoms with E-state index in [0.29, 0.717) is 45.8 Å². The average Bonchev–Trinajstić information content (AvgIpc) is 2.86. The van der Waals surface area contributed by atoms with Gasteiger partial charge in [0.2, 0.25) is 0 Å². The second-order valence-corrected chi connectivity index (χ2v) is 9.21. The Bertz CT molecular complexity index is 1330. The first-order valence-corrected chi connectivity index (χ1v) is 12.1. The van der Waals surface area contributed by atoms with Crippen molar-refractivity contribution < 1.29 is 14.3 Å². The zero-order chi connectivity index (χ0) is 23.7. The number of allylic oxidation sites excluding steroid dienone is 2. The maximum atomic E-state index is 13.4. The van der Waals surface area contributed by atoms with Gasteiger partial charge in [0.25, 0.3) is 5.56 Å². The normalized spacial score (nSPS) is 17.0. The number of thioether (sulfide) groups is 1. The van der Waals surface area contributed by atoms with Gasteiger partial charge in [0, 0.05) is 29.4 Å². The van der Waals surface area contributed by atoms with Crippen LogP contribution in [0.5, 0.6) is 11.5 Å². The van der Waals surface area contributed by atoms with Crippen LogP contribution in [0.2, 0.25) is 0 Å². The summed E-state index contributed by atoms with van der Waals surface area (Å²) in [6.45, 7) is 0. The van der Waals surface area contributed by atoms with Crippen molar-refractivity contribution in [2.45, 2.75) is 36.1 Å². The van der Waals surface area contributed by atoms with Crippen molar-refractivity contribution in [2.24, 2.45) is 0 Å². The van der Waals surface area contributed by atoms with Crippen LogP contribution >= 0.6 is 11.8 Å². The highest BCUT2D eigenvalue weighted by molar-refractivity contribution is 7.98. The van der Waals surface area contributed by atoms with Gasteiger partial charge in [-0.1, -0.05) is 48.2 Å². The summed E-state index contributed by atoms with van der Waals surface area (Å²) in [6, 6.07) is 15.6. The Morgan fingerprint density at radius 3 is 2.59 bits per heavy atom. The van der Waals surface area contributed by atoms with Crippen molar-refractivity contribution >= 4 is 23.4 Å². The second kappa shape index (κ2) is 9.38. The predicted octanol–water partition coefficient (Wildman–Crippen LogP) is 4.64. The molecule has 7 nitrogen and oxygen atoms in total. The Kier molecular flexibility index (Phi) is 6.15. The third-order valence-electron chi connectivity index (χ3n) is 6.20. The summed E-state index contributed by atoms with van der Waals surface area (Å²) in [7, 11) is 3.14. The molecule has 2 heterocycles. The predicted molar refractivity (Wildman–Crippen MR) is 132 cm³/mol. The number of benzene rings is 2. The monoisotopic (exact) mass is 475 g/mol. The fourth-order valence-electron chi connectivity index (χ4n) is 4.60. The van der Waals surface area contributed by atoms with Crippen LogP contribution in [0.3, 0.4) is 0 Å². The standard InChI is InChI=1S/C26H25N3O4S/c1-32-19-12-11-16(13-20(19)33-2)21-22-17(9-6-10-18(22)30)27-24-23(21)25(31)29-26(28-24)34-14-15-7-4-3-5-8-15/h3-5,7-8,11-13,21H,6,9-10,14H2,1-2H3,(H2,27,28,29,31)/t21-/m1/s1. The maximum Gasteiger partial charge on any atom is 0.257 e. The van der Waals surface area contributed by atoms with E-state index < -0.39 is 5.92 Å². The fraction of sp³-hybridized carbons (Fsp3) is 0.269. The molecule has 2 N–H and O–H groups in total. The molecule has 1 atom stereocenters. The number of fused-ring (bicyclic) bond motifs is 1. The van der Waals surface area contributed by atoms with E-state index >= 15 is 0 Å². The lowest BCUT2D eigenvalue weighted by Gasteiger charge is -2.33. The molecule has 34 heavy (non-hydrogen) atoms. The Morgan fingerprint density at radius 1 is 1.03 bits per heavy atom. The van der Waals surface area contributed by atoms with Crippen LogP contribution in [-0.4, -0.2) is 30.0 Å². The number of carbonyl (C=O) groups is 1. The number of hydrogen-bond acceptors (Lipinski definition) is 7. The number of nitrogens with zero attached hydrogens (tertiary/aromatic N) is 1. The quantitative estimate of drug-likeness (QED) is 0.396. The first-order valence-electron chi connectivity index (χ1n) is 11.1. The molecule has 0 saturated heterocycles. The lowest BCUT2D eigenvalue weighted by molar-refractivity contribution is -0.116. The number of anilines is 1. The van der Waals surface area contributed by atoms with Crippen LogP contribution in [0.1, 0.15) is 41.9 Å². The zero-order valence-electron chi connectivity index (χ0n) is 19.0. The molecule has 0 bridgehead atoms. The van der Waals surface area contributed by atoms with E-state index in [1.807, 2.05) is 42.5 Å². The van der Waals surface area contributed by atoms with Gasteiger partial charge in [-0.15, -0.1) is 0 Å². The number of carbonyl (C=O) groups excluding carboxylic acids is 1. The van der Waals surface area contributed by atoms with E-state index in [-0.39, 0.29) is 11.3 Å². The molecule has 0 radical (unpaired) electrons. The van der Waals surface area contributed by atoms with Gasteiger partial charge in [0.1, 0.15) is 5.82 Å². The van der Waals surface area contributed by atoms with Gasteiger partial charge in [0.05, 0.1) is 19.8 Å². The molecule has 1 aliphatic heterocycles. The van der Waals surface area contributed by atoms with Crippen molar-refractivity contribution in [1.29, 1.82) is 0 Å². The SMILES string of the molecule is COc1ccc([C@@H]2C3=C(CCCC3=O)Nc3nc(SCc4ccccc4)[nH]c(=O)c32)cc1OC. The van der Waals surface area contributed by atoms with Crippen molar-refractivity contribution in [2.75, 3.05) is 19.5 Å². The van der Waals surface area contributed by atoms with Gasteiger partial charge in [-0.2, -0.15) is 0 Å². The van der Waals surface area contributed by atoms with E-state index in [0.717, 1.165) is 29.7 Å². The van der Waals surface area contributed by atoms with Crippen molar-refractivity contribution in [3.8, 4) is 11.5 Å². The van der Waals surface area contributed by atoms with E-state index in [4.69, 9.17) is 14.5 Å². The van der Waals surface area contributed by atoms with Crippen LogP contribution in [-0.2, 0) is 10.5 Å². The first-order chi connectivity index (χ1) is 16.6. The largest absolute Gasteiger partial charge is 0.493 e. The van der Waals surface area contributed by atoms with Gasteiger partial charge < -0.3 is 19.8 Å². The van der Waals surface area contributed by atoms with Crippen LogP contribution < -0.4 is 20.3 Å². The van der Waals surface area contributed by atoms with Crippen LogP contribution in [0.4, 0.5) is 5.82 Å². The minimum Gasteiger partial charge on any atom is -0.493 e. The summed E-state index contributed by atoms with van der Waals surface area (Å²) in [5.74, 6) is 1.86. The third kappa shape index (κ3) is 4.09. The number of aromatic nitrogens is 2. The van der Waals surface area contributed by atoms with Crippen LogP contribution in [0.25, 0.3) is 0 Å². The summed E-state index contributed by atoms with van der Waals surface area (Å²) < 4.78 is 10.9. The van der Waals surface area contributed by atoms with E-state index in [1.54, 1.807) is 20.3 Å². The Morgan fingerprint density at radius 2 is 1.82 bits per heavy atom. The van der Waals surface area contributed by atoms with Crippen LogP contribution in [0, 0.1) is 0 Å². The van der Waals surface area contributed by atoms with Gasteiger partial charge in [-0.05, 0) is 36.1 Å². The lowest BCUT2D eigenvalue weighted by Crippen LogP contribution is -2.32. The van der Waals surface area contributed by atoms with Gasteiger partial charge in [-0.3, -0.25) is 9.59 Å². The van der Waals surface area contributed by atoms with Gasteiger partial charge in [0.15, 0.2) is 22.4 Å². The van der Waals surface area contributed by atoms with Crippen molar-refractivity contribution in [3.05, 3.63) is 86.8 Å². The summed E-state index contributed by atoms with van der Waals surface area (Å²) in [4.78, 5) is 34.1. The molecule has 1 aromatic heterocycles. The number of rotatable bonds is 6. The highest BCUT2D eigenvalue weighted by atomic mass is 32.2. The molecule has 2 aromatic carbocycles. The average molecular weight is 476 g/mol. The zero-order valence-corrected chi connectivity index (χ0v) is 19.8. The number of H-pyrrole nitrogens is 1. The molecule has 3 aromatic rings. The number of aromatic amines is 1. The fourth-order valence-corrected chi connectivity index (χ4v) is 5.42. The van der Waals surface area contributed by atoms with E-state index in [1.165, 1.54) is 11.8 Å². The van der Waals surface area contributed by atoms with Crippen LogP contribution in [0.15, 0.2) is 69.8 Å². The number of nitrogens with one attached hydrogen (secondary N) is 2. The molecule has 5 rings (SSSR count). The Balaban J connectivity index is 1.59. The molecule has 174 valence electrons. The molecule has 0 fully saturated rings. The highest BCUT2D eigenvalue weighted by Gasteiger charge is 2.38. The Labute approximate surface area is 201 Å². The van der Waals surface area contributed by atoms with E-state index in [9.17, 15) is 9.59 Å². The number of hydrogen-bond donors (Lipinski definition) is 2. The van der Waals surface area contributed by atoms with Crippen molar-refractivity contribution in [3.63, 3.8) is 0 Å². The smallest absolute Gasteiger partial charge is 0.257 e.